The van der Waals surface area contributed by atoms with Crippen LogP contribution in [0.4, 0.5) is 0 Å². The predicted octanol–water partition coefficient (Wildman–Crippen LogP) is 1.43. The molecule has 128 valence electrons. The summed E-state index contributed by atoms with van der Waals surface area (Å²) < 4.78 is 5.84. The fourth-order valence-corrected chi connectivity index (χ4v) is 2.14. The number of esters is 1. The maximum atomic E-state index is 12.4. The molecule has 0 aliphatic rings. The Morgan fingerprint density at radius 2 is 1.79 bits per heavy atom. The summed E-state index contributed by atoms with van der Waals surface area (Å²) in [5.74, 6) is -1.98. The van der Waals surface area contributed by atoms with Crippen LogP contribution in [0.1, 0.15) is 26.3 Å². The Morgan fingerprint density at radius 1 is 1.17 bits per heavy atom. The summed E-state index contributed by atoms with van der Waals surface area (Å²) in [5, 5.41) is 20.4. The Balaban J connectivity index is 2.18. The number of ether oxygens (including phenoxy) is 1. The van der Waals surface area contributed by atoms with Crippen LogP contribution in [0.25, 0.3) is 0 Å². The van der Waals surface area contributed by atoms with Gasteiger partial charge in [-0.15, -0.1) is 0 Å². The number of amides is 1. The largest absolute Gasteiger partial charge is 0.503 e. The molecule has 0 fully saturated rings. The van der Waals surface area contributed by atoms with Gasteiger partial charge in [0, 0.05) is 13.2 Å². The van der Waals surface area contributed by atoms with Gasteiger partial charge in [0.15, 0.2) is 5.75 Å². The van der Waals surface area contributed by atoms with Crippen LogP contribution in [-0.2, 0) is 23.2 Å². The molecule has 0 bridgehead atoms. The van der Waals surface area contributed by atoms with Gasteiger partial charge < -0.3 is 19.5 Å². The molecule has 2 aromatic rings. The molecule has 24 heavy (non-hydrogen) atoms. The molecule has 0 saturated heterocycles. The number of hydrogen-bond acceptors (Lipinski definition) is 6. The van der Waals surface area contributed by atoms with Crippen molar-refractivity contribution in [3.05, 3.63) is 47.2 Å². The molecule has 0 saturated carbocycles. The molecule has 2 rings (SSSR count). The van der Waals surface area contributed by atoms with Crippen molar-refractivity contribution in [2.45, 2.75) is 6.54 Å². The first-order chi connectivity index (χ1) is 11.4. The highest BCUT2D eigenvalue weighted by Crippen LogP contribution is 2.31. The van der Waals surface area contributed by atoms with E-state index in [1.807, 2.05) is 0 Å². The second-order valence-corrected chi connectivity index (χ2v) is 5.04. The smallest absolute Gasteiger partial charge is 0.337 e. The maximum absolute atomic E-state index is 12.4. The standard InChI is InChI=1S/C16H18N2O6/c1-17-9-12(13(19)15(17)21)14(20)18(24-3)8-10-4-6-11(7-5-10)16(22)23-2/h4-7,9,19,21H,8H2,1-3H3. The molecule has 0 radical (unpaired) electrons. The lowest BCUT2D eigenvalue weighted by molar-refractivity contribution is -0.102. The van der Waals surface area contributed by atoms with Gasteiger partial charge in [0.1, 0.15) is 5.56 Å². The van der Waals surface area contributed by atoms with Crippen molar-refractivity contribution in [2.24, 2.45) is 7.05 Å². The number of carbonyl (C=O) groups is 2. The normalized spacial score (nSPS) is 10.5. The minimum Gasteiger partial charge on any atom is -0.503 e. The fourth-order valence-electron chi connectivity index (χ4n) is 2.14. The summed E-state index contributed by atoms with van der Waals surface area (Å²) in [6.45, 7) is 0.0892. The highest BCUT2D eigenvalue weighted by atomic mass is 16.7. The first-order valence-electron chi connectivity index (χ1n) is 6.99. The highest BCUT2D eigenvalue weighted by molar-refractivity contribution is 5.97. The number of aryl methyl sites for hydroxylation is 1. The number of hydrogen-bond donors (Lipinski definition) is 2. The molecular weight excluding hydrogens is 316 g/mol. The van der Waals surface area contributed by atoms with Crippen molar-refractivity contribution in [1.29, 1.82) is 0 Å². The number of benzene rings is 1. The molecule has 0 aliphatic heterocycles. The second-order valence-electron chi connectivity index (χ2n) is 5.04. The van der Waals surface area contributed by atoms with Crippen molar-refractivity contribution in [1.82, 2.24) is 9.63 Å². The van der Waals surface area contributed by atoms with Gasteiger partial charge in [-0.1, -0.05) is 12.1 Å². The van der Waals surface area contributed by atoms with Crippen molar-refractivity contribution in [3.63, 3.8) is 0 Å². The van der Waals surface area contributed by atoms with E-state index >= 15 is 0 Å². The molecule has 1 aromatic heterocycles. The van der Waals surface area contributed by atoms with Gasteiger partial charge in [-0.05, 0) is 17.7 Å². The second kappa shape index (κ2) is 7.05. The first-order valence-corrected chi connectivity index (χ1v) is 6.99. The van der Waals surface area contributed by atoms with Crippen molar-refractivity contribution >= 4 is 11.9 Å². The number of carbonyl (C=O) groups excluding carboxylic acids is 2. The van der Waals surface area contributed by atoms with E-state index in [0.717, 1.165) is 5.06 Å². The molecule has 1 amide bonds. The summed E-state index contributed by atoms with van der Waals surface area (Å²) in [4.78, 5) is 28.9. The Labute approximate surface area is 138 Å². The zero-order chi connectivity index (χ0) is 17.9. The van der Waals surface area contributed by atoms with Crippen molar-refractivity contribution in [2.75, 3.05) is 14.2 Å². The zero-order valence-corrected chi connectivity index (χ0v) is 13.5. The quantitative estimate of drug-likeness (QED) is 0.633. The Morgan fingerprint density at radius 3 is 2.25 bits per heavy atom. The maximum Gasteiger partial charge on any atom is 0.337 e. The van der Waals surface area contributed by atoms with Crippen molar-refractivity contribution < 1.29 is 29.4 Å². The summed E-state index contributed by atoms with van der Waals surface area (Å²) in [5.41, 5.74) is 1.02. The van der Waals surface area contributed by atoms with Crippen LogP contribution in [-0.4, -0.2) is 45.9 Å². The van der Waals surface area contributed by atoms with Gasteiger partial charge in [-0.3, -0.25) is 9.63 Å². The van der Waals surface area contributed by atoms with Crippen LogP contribution in [0, 0.1) is 0 Å². The van der Waals surface area contributed by atoms with Crippen LogP contribution < -0.4 is 0 Å². The van der Waals surface area contributed by atoms with Gasteiger partial charge in [0.2, 0.25) is 5.88 Å². The third-order valence-electron chi connectivity index (χ3n) is 3.50. The van der Waals surface area contributed by atoms with E-state index in [0.29, 0.717) is 11.1 Å². The SMILES string of the molecule is COC(=O)c1ccc(CN(OC)C(=O)c2cn(C)c(O)c2O)cc1. The number of aromatic nitrogens is 1. The van der Waals surface area contributed by atoms with Crippen LogP contribution in [0.15, 0.2) is 30.5 Å². The average Bonchev–Trinajstić information content (AvgIpc) is 2.86. The van der Waals surface area contributed by atoms with Gasteiger partial charge in [0.25, 0.3) is 5.91 Å². The van der Waals surface area contributed by atoms with Crippen LogP contribution >= 0.6 is 0 Å². The molecule has 0 aliphatic carbocycles. The molecule has 0 atom stereocenters. The van der Waals surface area contributed by atoms with E-state index in [-0.39, 0.29) is 12.1 Å². The van der Waals surface area contributed by atoms with E-state index in [4.69, 9.17) is 4.84 Å². The van der Waals surface area contributed by atoms with Gasteiger partial charge in [0.05, 0.1) is 26.3 Å². The Kier molecular flexibility index (Phi) is 5.10. The molecular formula is C16H18N2O6. The molecule has 8 nitrogen and oxygen atoms in total. The monoisotopic (exact) mass is 334 g/mol. The lowest BCUT2D eigenvalue weighted by atomic mass is 10.1. The van der Waals surface area contributed by atoms with E-state index in [9.17, 15) is 19.8 Å². The summed E-state index contributed by atoms with van der Waals surface area (Å²) in [6.07, 6.45) is 1.30. The predicted molar refractivity (Wildman–Crippen MR) is 83.4 cm³/mol. The number of hydroxylamine groups is 2. The molecule has 1 heterocycles. The minimum absolute atomic E-state index is 0.0805. The summed E-state index contributed by atoms with van der Waals surface area (Å²) in [7, 11) is 4.11. The van der Waals surface area contributed by atoms with Crippen LogP contribution in [0.3, 0.4) is 0 Å². The average molecular weight is 334 g/mol. The lowest BCUT2D eigenvalue weighted by Gasteiger charge is -2.19. The van der Waals surface area contributed by atoms with Crippen LogP contribution in [0.5, 0.6) is 11.6 Å². The summed E-state index contributed by atoms with van der Waals surface area (Å²) >= 11 is 0. The number of aromatic hydroxyl groups is 2. The minimum atomic E-state index is -0.608. The molecule has 0 spiro atoms. The first kappa shape index (κ1) is 17.4. The van der Waals surface area contributed by atoms with E-state index in [1.54, 1.807) is 24.3 Å². The molecule has 2 N–H and O–H groups in total. The third-order valence-corrected chi connectivity index (χ3v) is 3.50. The molecule has 8 heteroatoms. The summed E-state index contributed by atoms with van der Waals surface area (Å²) in [6, 6.07) is 6.47. The molecule has 0 unspecified atom stereocenters. The topological polar surface area (TPSA) is 101 Å². The highest BCUT2D eigenvalue weighted by Gasteiger charge is 2.24. The number of methoxy groups -OCH3 is 1. The van der Waals surface area contributed by atoms with Gasteiger partial charge in [-0.25, -0.2) is 9.86 Å². The van der Waals surface area contributed by atoms with Gasteiger partial charge >= 0.3 is 5.97 Å². The fraction of sp³-hybridized carbons (Fsp3) is 0.250. The van der Waals surface area contributed by atoms with E-state index < -0.39 is 23.5 Å². The Hall–Kier alpha value is -3.00. The van der Waals surface area contributed by atoms with Crippen molar-refractivity contribution in [3.8, 4) is 11.6 Å². The molecule has 1 aromatic carbocycles. The zero-order valence-electron chi connectivity index (χ0n) is 13.5. The van der Waals surface area contributed by atoms with Gasteiger partial charge in [-0.2, -0.15) is 0 Å². The lowest BCUT2D eigenvalue weighted by Crippen LogP contribution is -2.29. The third kappa shape index (κ3) is 3.33. The number of nitrogens with zero attached hydrogens (tertiary/aromatic N) is 2. The van der Waals surface area contributed by atoms with E-state index in [1.165, 1.54) is 32.0 Å². The Bertz CT molecular complexity index is 751. The number of rotatable bonds is 5. The van der Waals surface area contributed by atoms with E-state index in [2.05, 4.69) is 4.74 Å². The van der Waals surface area contributed by atoms with Crippen LogP contribution in [0.2, 0.25) is 0 Å².